The molecule has 94 valence electrons. The molecule has 2 nitrogen and oxygen atoms in total. The molecule has 2 heterocycles. The van der Waals surface area contributed by atoms with E-state index in [4.69, 9.17) is 0 Å². The number of nitrogens with one attached hydrogen (secondary N) is 1. The highest BCUT2D eigenvalue weighted by Crippen LogP contribution is 2.32. The average molecular weight is 291 g/mol. The first-order valence-electron chi connectivity index (χ1n) is 5.38. The maximum absolute atomic E-state index is 3.38. The SMILES string of the molecule is Cl.Cl.c1ccc2sc(N3CCNCC3)cc2c1. The van der Waals surface area contributed by atoms with E-state index >= 15 is 0 Å². The fraction of sp³-hybridized carbons (Fsp3) is 0.333. The summed E-state index contributed by atoms with van der Waals surface area (Å²) in [6, 6.07) is 10.9. The lowest BCUT2D eigenvalue weighted by Crippen LogP contribution is -2.43. The number of hydrogen-bond acceptors (Lipinski definition) is 3. The van der Waals surface area contributed by atoms with Crippen LogP contribution in [-0.4, -0.2) is 26.2 Å². The van der Waals surface area contributed by atoms with Crippen molar-refractivity contribution in [3.63, 3.8) is 0 Å². The Balaban J connectivity index is 0.000000722. The van der Waals surface area contributed by atoms with Crippen LogP contribution in [0.15, 0.2) is 30.3 Å². The second-order valence-corrected chi connectivity index (χ2v) is 4.92. The third kappa shape index (κ3) is 3.05. The first-order valence-corrected chi connectivity index (χ1v) is 6.19. The number of thiophene rings is 1. The zero-order valence-corrected chi connectivity index (χ0v) is 11.8. The number of anilines is 1. The van der Waals surface area contributed by atoms with Gasteiger partial charge in [-0.05, 0) is 17.5 Å². The van der Waals surface area contributed by atoms with Crippen molar-refractivity contribution in [1.82, 2.24) is 5.32 Å². The molecule has 1 saturated heterocycles. The van der Waals surface area contributed by atoms with Gasteiger partial charge in [0.1, 0.15) is 0 Å². The monoisotopic (exact) mass is 290 g/mol. The number of piperazine rings is 1. The standard InChI is InChI=1S/C12H14N2S.2ClH/c1-2-4-11-10(3-1)9-12(15-11)14-7-5-13-6-8-14;;/h1-4,9,13H,5-8H2;2*1H. The lowest BCUT2D eigenvalue weighted by atomic mass is 10.2. The van der Waals surface area contributed by atoms with Gasteiger partial charge in [-0.15, -0.1) is 36.2 Å². The zero-order valence-electron chi connectivity index (χ0n) is 9.39. The zero-order chi connectivity index (χ0) is 10.1. The molecule has 0 aliphatic carbocycles. The molecule has 3 rings (SSSR count). The quantitative estimate of drug-likeness (QED) is 0.868. The molecule has 0 atom stereocenters. The number of halogens is 2. The summed E-state index contributed by atoms with van der Waals surface area (Å²) < 4.78 is 1.39. The highest BCUT2D eigenvalue weighted by molar-refractivity contribution is 7.22. The predicted molar refractivity (Wildman–Crippen MR) is 81.4 cm³/mol. The highest BCUT2D eigenvalue weighted by atomic mass is 35.5. The van der Waals surface area contributed by atoms with E-state index in [1.165, 1.54) is 15.1 Å². The molecule has 0 amide bonds. The Morgan fingerprint density at radius 1 is 1.06 bits per heavy atom. The van der Waals surface area contributed by atoms with E-state index in [1.54, 1.807) is 0 Å². The lowest BCUT2D eigenvalue weighted by Gasteiger charge is -2.27. The van der Waals surface area contributed by atoms with E-state index < -0.39 is 0 Å². The van der Waals surface area contributed by atoms with Crippen molar-refractivity contribution in [2.45, 2.75) is 0 Å². The van der Waals surface area contributed by atoms with E-state index in [9.17, 15) is 0 Å². The van der Waals surface area contributed by atoms with Crippen molar-refractivity contribution < 1.29 is 0 Å². The third-order valence-electron chi connectivity index (χ3n) is 2.84. The molecule has 2 aromatic rings. The Morgan fingerprint density at radius 3 is 2.47 bits per heavy atom. The molecule has 17 heavy (non-hydrogen) atoms. The topological polar surface area (TPSA) is 15.3 Å². The van der Waals surface area contributed by atoms with Crippen molar-refractivity contribution in [2.24, 2.45) is 0 Å². The summed E-state index contributed by atoms with van der Waals surface area (Å²) in [5.41, 5.74) is 0. The van der Waals surface area contributed by atoms with Crippen LogP contribution in [0, 0.1) is 0 Å². The van der Waals surface area contributed by atoms with Crippen LogP contribution in [0.3, 0.4) is 0 Å². The van der Waals surface area contributed by atoms with E-state index in [0.29, 0.717) is 0 Å². The van der Waals surface area contributed by atoms with Gasteiger partial charge in [-0.2, -0.15) is 0 Å². The molecule has 5 heteroatoms. The molecule has 1 aromatic heterocycles. The summed E-state index contributed by atoms with van der Waals surface area (Å²) >= 11 is 1.90. The number of fused-ring (bicyclic) bond motifs is 1. The Bertz CT molecular complexity index is 433. The molecule has 1 N–H and O–H groups in total. The molecule has 0 radical (unpaired) electrons. The van der Waals surface area contributed by atoms with Gasteiger partial charge in [0.15, 0.2) is 0 Å². The summed E-state index contributed by atoms with van der Waals surface area (Å²) in [5, 5.41) is 6.17. The maximum atomic E-state index is 3.38. The van der Waals surface area contributed by atoms with Gasteiger partial charge in [0.05, 0.1) is 5.00 Å². The van der Waals surface area contributed by atoms with Crippen molar-refractivity contribution in [1.29, 1.82) is 0 Å². The van der Waals surface area contributed by atoms with Crippen LogP contribution >= 0.6 is 36.2 Å². The molecular weight excluding hydrogens is 275 g/mol. The molecule has 1 aliphatic rings. The van der Waals surface area contributed by atoms with Crippen molar-refractivity contribution in [3.8, 4) is 0 Å². The Hall–Kier alpha value is -0.480. The first kappa shape index (κ1) is 14.6. The van der Waals surface area contributed by atoms with Gasteiger partial charge in [0.25, 0.3) is 0 Å². The first-order chi connectivity index (χ1) is 7.43. The minimum absolute atomic E-state index is 0. The fourth-order valence-electron chi connectivity index (χ4n) is 2.01. The van der Waals surface area contributed by atoms with Gasteiger partial charge in [-0.25, -0.2) is 0 Å². The second kappa shape index (κ2) is 6.45. The summed E-state index contributed by atoms with van der Waals surface area (Å²) in [4.78, 5) is 2.47. The van der Waals surface area contributed by atoms with E-state index in [1.807, 2.05) is 11.3 Å². The molecule has 0 spiro atoms. The van der Waals surface area contributed by atoms with Gasteiger partial charge in [0.2, 0.25) is 0 Å². The number of rotatable bonds is 1. The van der Waals surface area contributed by atoms with E-state index in [-0.39, 0.29) is 24.8 Å². The maximum Gasteiger partial charge on any atom is 0.0921 e. The normalized spacial score (nSPS) is 15.2. The minimum atomic E-state index is 0. The largest absolute Gasteiger partial charge is 0.361 e. The Kier molecular flexibility index (Phi) is 5.53. The van der Waals surface area contributed by atoms with E-state index in [2.05, 4.69) is 40.5 Å². The summed E-state index contributed by atoms with van der Waals surface area (Å²) in [6.45, 7) is 4.47. The molecule has 1 aromatic carbocycles. The smallest absolute Gasteiger partial charge is 0.0921 e. The van der Waals surface area contributed by atoms with Crippen LogP contribution in [0.1, 0.15) is 0 Å². The van der Waals surface area contributed by atoms with Gasteiger partial charge < -0.3 is 10.2 Å². The predicted octanol–water partition coefficient (Wildman–Crippen LogP) is 3.15. The van der Waals surface area contributed by atoms with Crippen LogP contribution in [0.4, 0.5) is 5.00 Å². The van der Waals surface area contributed by atoms with Crippen LogP contribution in [0.2, 0.25) is 0 Å². The van der Waals surface area contributed by atoms with Gasteiger partial charge in [-0.3, -0.25) is 0 Å². The van der Waals surface area contributed by atoms with Crippen LogP contribution < -0.4 is 10.2 Å². The van der Waals surface area contributed by atoms with Crippen LogP contribution in [0.25, 0.3) is 10.1 Å². The summed E-state index contributed by atoms with van der Waals surface area (Å²) in [6.07, 6.45) is 0. The van der Waals surface area contributed by atoms with Gasteiger partial charge in [-0.1, -0.05) is 18.2 Å². The van der Waals surface area contributed by atoms with E-state index in [0.717, 1.165) is 26.2 Å². The Labute approximate surface area is 118 Å². The number of nitrogens with zero attached hydrogens (tertiary/aromatic N) is 1. The van der Waals surface area contributed by atoms with Crippen molar-refractivity contribution in [3.05, 3.63) is 30.3 Å². The Morgan fingerprint density at radius 2 is 1.76 bits per heavy atom. The average Bonchev–Trinajstić information content (AvgIpc) is 2.74. The van der Waals surface area contributed by atoms with Gasteiger partial charge in [0, 0.05) is 30.9 Å². The fourth-order valence-corrected chi connectivity index (χ4v) is 3.12. The molecule has 0 unspecified atom stereocenters. The lowest BCUT2D eigenvalue weighted by molar-refractivity contribution is 0.592. The van der Waals surface area contributed by atoms with Crippen LogP contribution in [-0.2, 0) is 0 Å². The molecule has 1 aliphatic heterocycles. The van der Waals surface area contributed by atoms with Gasteiger partial charge >= 0.3 is 0 Å². The summed E-state index contributed by atoms with van der Waals surface area (Å²) in [5.74, 6) is 0. The van der Waals surface area contributed by atoms with Crippen LogP contribution in [0.5, 0.6) is 0 Å². The molecule has 0 bridgehead atoms. The van der Waals surface area contributed by atoms with Crippen molar-refractivity contribution >= 4 is 51.2 Å². The molecule has 1 fully saturated rings. The third-order valence-corrected chi connectivity index (χ3v) is 4.02. The summed E-state index contributed by atoms with van der Waals surface area (Å²) in [7, 11) is 0. The second-order valence-electron chi connectivity index (χ2n) is 3.86. The number of benzene rings is 1. The molecule has 0 saturated carbocycles. The molecular formula is C12H16Cl2N2S. The van der Waals surface area contributed by atoms with Crippen molar-refractivity contribution in [2.75, 3.05) is 31.1 Å². The number of hydrogen-bond donors (Lipinski definition) is 1. The minimum Gasteiger partial charge on any atom is -0.361 e. The highest BCUT2D eigenvalue weighted by Gasteiger charge is 2.12.